The third-order valence-electron chi connectivity index (χ3n) is 7.19. The zero-order valence-corrected chi connectivity index (χ0v) is 23.0. The number of morpholine rings is 1. The third-order valence-corrected chi connectivity index (χ3v) is 8.79. The lowest BCUT2D eigenvalue weighted by Gasteiger charge is -2.31. The van der Waals surface area contributed by atoms with Crippen molar-refractivity contribution in [3.8, 4) is 10.6 Å². The van der Waals surface area contributed by atoms with Crippen molar-refractivity contribution < 1.29 is 19.0 Å². The van der Waals surface area contributed by atoms with Crippen LogP contribution in [0.1, 0.15) is 26.0 Å². The van der Waals surface area contributed by atoms with Crippen LogP contribution >= 0.6 is 23.1 Å². The number of hydrogen-bond acceptors (Lipinski definition) is 10. The monoisotopic (exact) mass is 541 g/mol. The molecule has 1 amide bonds. The lowest BCUT2D eigenvalue weighted by atomic mass is 10.0. The molecule has 11 heteroatoms. The number of nitrogens with zero attached hydrogens (tertiary/aromatic N) is 4. The number of para-hydroxylation sites is 1. The number of thioether (sulfide) groups is 1. The third kappa shape index (κ3) is 4.72. The summed E-state index contributed by atoms with van der Waals surface area (Å²) in [6.45, 7) is 8.17. The van der Waals surface area contributed by atoms with Gasteiger partial charge in [-0.05, 0) is 45.6 Å². The van der Waals surface area contributed by atoms with Crippen molar-refractivity contribution in [2.75, 3.05) is 37.9 Å². The Morgan fingerprint density at radius 3 is 2.65 bits per heavy atom. The number of ether oxygens (including phenoxy) is 3. The standard InChI is InChI=1S/C26H31N5O4S2/c1-14-19(23-29-16-7-5-6-8-18(16)37-23)22(30-25(27-14)36-4)28-17-13-15(20-21(17)35-26(2,3)34-20)24(32)31-9-11-33-12-10-31/h5-8,15,17,20-21H,9-13H2,1-4H3,(H,27,28,30)/t15-,17+,20+,21-/m0/s1. The van der Waals surface area contributed by atoms with Crippen LogP contribution in [0.4, 0.5) is 5.82 Å². The van der Waals surface area contributed by atoms with E-state index in [1.807, 2.05) is 50.1 Å². The van der Waals surface area contributed by atoms with Gasteiger partial charge in [0.25, 0.3) is 0 Å². The van der Waals surface area contributed by atoms with E-state index in [4.69, 9.17) is 29.2 Å². The van der Waals surface area contributed by atoms with E-state index < -0.39 is 5.79 Å². The molecule has 3 fully saturated rings. The molecule has 9 nitrogen and oxygen atoms in total. The van der Waals surface area contributed by atoms with Crippen LogP contribution in [0.5, 0.6) is 0 Å². The molecular formula is C26H31N5O4S2. The largest absolute Gasteiger partial charge is 0.378 e. The van der Waals surface area contributed by atoms with Gasteiger partial charge in [0.2, 0.25) is 5.91 Å². The van der Waals surface area contributed by atoms with E-state index in [-0.39, 0.29) is 30.1 Å². The number of nitrogens with one attached hydrogen (secondary N) is 1. The highest BCUT2D eigenvalue weighted by Crippen LogP contribution is 2.45. The van der Waals surface area contributed by atoms with Crippen LogP contribution in [0.25, 0.3) is 20.8 Å². The number of amides is 1. The van der Waals surface area contributed by atoms with Crippen LogP contribution in [-0.2, 0) is 19.0 Å². The molecule has 1 saturated carbocycles. The highest BCUT2D eigenvalue weighted by molar-refractivity contribution is 7.98. The van der Waals surface area contributed by atoms with E-state index in [2.05, 4.69) is 11.4 Å². The van der Waals surface area contributed by atoms with Gasteiger partial charge in [-0.25, -0.2) is 15.0 Å². The Labute approximate surface area is 224 Å². The van der Waals surface area contributed by atoms with Gasteiger partial charge in [0.1, 0.15) is 23.0 Å². The summed E-state index contributed by atoms with van der Waals surface area (Å²) in [4.78, 5) is 29.9. The van der Waals surface area contributed by atoms with E-state index in [1.54, 1.807) is 11.3 Å². The molecule has 37 heavy (non-hydrogen) atoms. The number of rotatable bonds is 5. The number of carbonyl (C=O) groups excluding carboxylic acids is 1. The quantitative estimate of drug-likeness (QED) is 0.380. The molecular weight excluding hydrogens is 510 g/mol. The predicted molar refractivity (Wildman–Crippen MR) is 144 cm³/mol. The van der Waals surface area contributed by atoms with Crippen molar-refractivity contribution in [1.29, 1.82) is 0 Å². The molecule has 1 aromatic carbocycles. The van der Waals surface area contributed by atoms with Gasteiger partial charge < -0.3 is 24.4 Å². The van der Waals surface area contributed by atoms with Gasteiger partial charge in [-0.15, -0.1) is 11.3 Å². The average molecular weight is 542 g/mol. The van der Waals surface area contributed by atoms with Crippen LogP contribution in [0.15, 0.2) is 29.4 Å². The smallest absolute Gasteiger partial charge is 0.228 e. The predicted octanol–water partition coefficient (Wildman–Crippen LogP) is 3.96. The zero-order chi connectivity index (χ0) is 25.7. The van der Waals surface area contributed by atoms with Gasteiger partial charge in [0, 0.05) is 13.1 Å². The Hall–Kier alpha value is -2.31. The van der Waals surface area contributed by atoms with Gasteiger partial charge in [-0.1, -0.05) is 23.9 Å². The number of thiazole rings is 1. The van der Waals surface area contributed by atoms with Gasteiger partial charge >= 0.3 is 0 Å². The molecule has 4 heterocycles. The number of aryl methyl sites for hydroxylation is 1. The molecule has 196 valence electrons. The topological polar surface area (TPSA) is 98.7 Å². The van der Waals surface area contributed by atoms with Crippen LogP contribution < -0.4 is 5.32 Å². The molecule has 3 aliphatic rings. The number of anilines is 1. The summed E-state index contributed by atoms with van der Waals surface area (Å²) in [5.41, 5.74) is 2.70. The first-order valence-electron chi connectivity index (χ1n) is 12.6. The van der Waals surface area contributed by atoms with E-state index in [0.29, 0.717) is 43.7 Å². The maximum Gasteiger partial charge on any atom is 0.228 e. The fourth-order valence-corrected chi connectivity index (χ4v) is 7.01. The molecule has 3 aromatic rings. The first-order chi connectivity index (χ1) is 17.8. The van der Waals surface area contributed by atoms with Crippen molar-refractivity contribution in [2.45, 2.75) is 56.4 Å². The summed E-state index contributed by atoms with van der Waals surface area (Å²) in [5.74, 6) is -0.233. The lowest BCUT2D eigenvalue weighted by molar-refractivity contribution is -0.164. The molecule has 4 atom stereocenters. The minimum atomic E-state index is -0.763. The fourth-order valence-electron chi connectivity index (χ4n) is 5.54. The zero-order valence-electron chi connectivity index (χ0n) is 21.4. The minimum Gasteiger partial charge on any atom is -0.378 e. The van der Waals surface area contributed by atoms with Gasteiger partial charge in [0.05, 0.1) is 46.6 Å². The van der Waals surface area contributed by atoms with Gasteiger partial charge in [-0.2, -0.15) is 0 Å². The molecule has 2 aliphatic heterocycles. The molecule has 0 spiro atoms. The number of fused-ring (bicyclic) bond motifs is 2. The summed E-state index contributed by atoms with van der Waals surface area (Å²) in [5, 5.41) is 5.22. The van der Waals surface area contributed by atoms with Gasteiger partial charge in [-0.3, -0.25) is 4.79 Å². The first kappa shape index (κ1) is 25.0. The lowest BCUT2D eigenvalue weighted by Crippen LogP contribution is -2.46. The Morgan fingerprint density at radius 1 is 1.14 bits per heavy atom. The van der Waals surface area contributed by atoms with E-state index in [1.165, 1.54) is 11.8 Å². The Bertz CT molecular complexity index is 1290. The Morgan fingerprint density at radius 2 is 1.89 bits per heavy atom. The van der Waals surface area contributed by atoms with Gasteiger partial charge in [0.15, 0.2) is 10.9 Å². The average Bonchev–Trinajstić information content (AvgIpc) is 3.54. The fraction of sp³-hybridized carbons (Fsp3) is 0.538. The van der Waals surface area contributed by atoms with Crippen LogP contribution in [0.3, 0.4) is 0 Å². The second kappa shape index (κ2) is 9.77. The molecule has 6 rings (SSSR count). The molecule has 2 aromatic heterocycles. The summed E-state index contributed by atoms with van der Waals surface area (Å²) >= 11 is 3.13. The number of hydrogen-bond donors (Lipinski definition) is 1. The molecule has 0 bridgehead atoms. The second-order valence-electron chi connectivity index (χ2n) is 10.1. The number of carbonyl (C=O) groups is 1. The molecule has 1 N–H and O–H groups in total. The summed E-state index contributed by atoms with van der Waals surface area (Å²) in [6.07, 6.45) is 1.96. The molecule has 0 radical (unpaired) electrons. The van der Waals surface area contributed by atoms with Crippen molar-refractivity contribution >= 4 is 45.0 Å². The summed E-state index contributed by atoms with van der Waals surface area (Å²) in [7, 11) is 0. The van der Waals surface area contributed by atoms with Crippen LogP contribution in [0, 0.1) is 12.8 Å². The summed E-state index contributed by atoms with van der Waals surface area (Å²) < 4.78 is 19.2. The van der Waals surface area contributed by atoms with E-state index in [0.717, 1.165) is 26.5 Å². The Kier molecular flexibility index (Phi) is 6.60. The minimum absolute atomic E-state index is 0.110. The molecule has 2 saturated heterocycles. The van der Waals surface area contributed by atoms with Crippen LogP contribution in [0.2, 0.25) is 0 Å². The second-order valence-corrected chi connectivity index (χ2v) is 11.9. The maximum absolute atomic E-state index is 13.6. The normalized spacial score (nSPS) is 27.0. The van der Waals surface area contributed by atoms with Crippen molar-refractivity contribution in [2.24, 2.45) is 5.92 Å². The highest BCUT2D eigenvalue weighted by Gasteiger charge is 2.57. The Balaban J connectivity index is 1.35. The van der Waals surface area contributed by atoms with Crippen molar-refractivity contribution in [3.05, 3.63) is 30.0 Å². The molecule has 1 aliphatic carbocycles. The van der Waals surface area contributed by atoms with E-state index >= 15 is 0 Å². The molecule has 0 unspecified atom stereocenters. The van der Waals surface area contributed by atoms with Crippen LogP contribution in [-0.4, -0.2) is 82.4 Å². The van der Waals surface area contributed by atoms with Crippen molar-refractivity contribution in [3.63, 3.8) is 0 Å². The maximum atomic E-state index is 13.6. The highest BCUT2D eigenvalue weighted by atomic mass is 32.2. The number of benzene rings is 1. The SMILES string of the molecule is CSc1nc(C)c(-c2nc3ccccc3s2)c(N[C@@H]2C[C@H](C(=O)N3CCOCC3)[C@H]3OC(C)(C)O[C@H]32)n1. The van der Waals surface area contributed by atoms with E-state index in [9.17, 15) is 4.79 Å². The van der Waals surface area contributed by atoms with Crippen molar-refractivity contribution in [1.82, 2.24) is 19.9 Å². The first-order valence-corrected chi connectivity index (χ1v) is 14.6. The number of aromatic nitrogens is 3. The summed E-state index contributed by atoms with van der Waals surface area (Å²) in [6, 6.07) is 7.95.